The first kappa shape index (κ1) is 17.9. The molecule has 118 valence electrons. The smallest absolute Gasteiger partial charge is 0.360 e. The van der Waals surface area contributed by atoms with E-state index in [-0.39, 0.29) is 18.1 Å². The van der Waals surface area contributed by atoms with Crippen LogP contribution in [0.15, 0.2) is 41.9 Å². The van der Waals surface area contributed by atoms with Gasteiger partial charge in [-0.05, 0) is 47.1 Å². The number of halogens is 2. The number of carbonyl (C=O) groups is 1. The summed E-state index contributed by atoms with van der Waals surface area (Å²) in [4.78, 5) is 11.7. The molecule has 2 rings (SSSR count). The maximum Gasteiger partial charge on any atom is 0.360 e. The lowest BCUT2D eigenvalue weighted by Crippen LogP contribution is -2.06. The minimum atomic E-state index is -0.498. The Morgan fingerprint density at radius 3 is 2.55 bits per heavy atom. The summed E-state index contributed by atoms with van der Waals surface area (Å²) < 4.78 is 19.8. The molecule has 0 fully saturated rings. The number of benzene rings is 1. The predicted molar refractivity (Wildman–Crippen MR) is 87.8 cm³/mol. The number of esters is 1. The number of nitrogens with one attached hydrogen (secondary N) is 1. The number of rotatable bonds is 4. The first-order chi connectivity index (χ1) is 10.5. The van der Waals surface area contributed by atoms with E-state index >= 15 is 0 Å². The molecule has 0 aliphatic carbocycles. The van der Waals surface area contributed by atoms with Crippen LogP contribution in [-0.2, 0) is 11.8 Å². The third-order valence-corrected chi connectivity index (χ3v) is 3.32. The number of aryl methyl sites for hydroxylation is 1. The molecular weight excluding hydrogens is 353 g/mol. The van der Waals surface area contributed by atoms with E-state index in [1.54, 1.807) is 26.1 Å². The zero-order chi connectivity index (χ0) is 16.7. The molecular formula is C15H17BrFN3O2. The number of carbonyl (C=O) groups excluding carboxylic acids is 1. The van der Waals surface area contributed by atoms with Crippen LogP contribution < -0.4 is 5.32 Å². The minimum absolute atomic E-state index is 0.193. The van der Waals surface area contributed by atoms with Crippen molar-refractivity contribution in [3.63, 3.8) is 0 Å². The first-order valence-electron chi connectivity index (χ1n) is 6.45. The number of anilines is 2. The predicted octanol–water partition coefficient (Wildman–Crippen LogP) is 4.04. The summed E-state index contributed by atoms with van der Waals surface area (Å²) in [6.07, 6.45) is 0. The van der Waals surface area contributed by atoms with Gasteiger partial charge in [0.25, 0.3) is 0 Å². The summed E-state index contributed by atoms with van der Waals surface area (Å²) in [5.41, 5.74) is 0.879. The van der Waals surface area contributed by atoms with Gasteiger partial charge in [0.15, 0.2) is 5.69 Å². The van der Waals surface area contributed by atoms with Gasteiger partial charge in [-0.25, -0.2) is 9.18 Å². The van der Waals surface area contributed by atoms with Crippen LogP contribution in [0.5, 0.6) is 0 Å². The van der Waals surface area contributed by atoms with E-state index in [0.29, 0.717) is 16.0 Å². The Hall–Kier alpha value is -2.15. The van der Waals surface area contributed by atoms with Gasteiger partial charge in [0.1, 0.15) is 11.6 Å². The van der Waals surface area contributed by atoms with Crippen LogP contribution in [0.25, 0.3) is 0 Å². The summed E-state index contributed by atoms with van der Waals surface area (Å²) in [5, 5.41) is 7.17. The Labute approximate surface area is 136 Å². The van der Waals surface area contributed by atoms with Crippen LogP contribution in [0.2, 0.25) is 0 Å². The summed E-state index contributed by atoms with van der Waals surface area (Å²) >= 11 is 3.32. The summed E-state index contributed by atoms with van der Waals surface area (Å²) in [7, 11) is 1.69. The van der Waals surface area contributed by atoms with E-state index in [0.717, 1.165) is 0 Å². The molecule has 0 saturated carbocycles. The summed E-state index contributed by atoms with van der Waals surface area (Å²) in [5.74, 6) is -0.228. The van der Waals surface area contributed by atoms with Gasteiger partial charge < -0.3 is 10.1 Å². The normalized spacial score (nSPS) is 9.64. The van der Waals surface area contributed by atoms with Gasteiger partial charge in [-0.2, -0.15) is 5.10 Å². The quantitative estimate of drug-likeness (QED) is 0.652. The van der Waals surface area contributed by atoms with Crippen molar-refractivity contribution in [2.75, 3.05) is 11.9 Å². The number of aromatic nitrogens is 2. The van der Waals surface area contributed by atoms with Crippen molar-refractivity contribution in [2.45, 2.75) is 6.92 Å². The molecule has 5 nitrogen and oxygen atoms in total. The standard InChI is InChI=1S/C13H13BrFN3O2.C2H4/c1-3-20-13(19)11-10(14)12(18(2)17-11)16-9-6-4-8(15)5-7-9;1-2/h4-7,16H,3H2,1-2H3;1-2H2. The molecule has 0 atom stereocenters. The van der Waals surface area contributed by atoms with E-state index in [1.165, 1.54) is 16.8 Å². The highest BCUT2D eigenvalue weighted by Crippen LogP contribution is 2.29. The first-order valence-corrected chi connectivity index (χ1v) is 7.24. The molecule has 0 spiro atoms. The van der Waals surface area contributed by atoms with Crippen molar-refractivity contribution >= 4 is 33.4 Å². The molecule has 1 heterocycles. The highest BCUT2D eigenvalue weighted by molar-refractivity contribution is 9.10. The Morgan fingerprint density at radius 2 is 2.00 bits per heavy atom. The Balaban J connectivity index is 0.00000116. The molecule has 1 aromatic heterocycles. The molecule has 0 amide bonds. The third-order valence-electron chi connectivity index (χ3n) is 2.57. The van der Waals surface area contributed by atoms with Crippen LogP contribution >= 0.6 is 15.9 Å². The second-order valence-electron chi connectivity index (χ2n) is 3.99. The van der Waals surface area contributed by atoms with Gasteiger partial charge in [0, 0.05) is 12.7 Å². The molecule has 7 heteroatoms. The second kappa shape index (κ2) is 8.33. The molecule has 0 unspecified atom stereocenters. The monoisotopic (exact) mass is 369 g/mol. The van der Waals surface area contributed by atoms with Crippen molar-refractivity contribution in [2.24, 2.45) is 7.05 Å². The van der Waals surface area contributed by atoms with Crippen molar-refractivity contribution in [3.8, 4) is 0 Å². The lowest BCUT2D eigenvalue weighted by Gasteiger charge is -2.06. The summed E-state index contributed by atoms with van der Waals surface area (Å²) in [6, 6.07) is 5.88. The van der Waals surface area contributed by atoms with E-state index in [1.807, 2.05) is 0 Å². The Morgan fingerprint density at radius 1 is 1.41 bits per heavy atom. The van der Waals surface area contributed by atoms with Gasteiger partial charge in [-0.1, -0.05) is 0 Å². The van der Waals surface area contributed by atoms with Crippen LogP contribution in [0.1, 0.15) is 17.4 Å². The molecule has 1 aromatic carbocycles. The largest absolute Gasteiger partial charge is 0.461 e. The molecule has 0 saturated heterocycles. The molecule has 1 N–H and O–H groups in total. The number of ether oxygens (including phenoxy) is 1. The van der Waals surface area contributed by atoms with Crippen LogP contribution in [0.4, 0.5) is 15.9 Å². The van der Waals surface area contributed by atoms with Gasteiger partial charge in [-0.3, -0.25) is 4.68 Å². The average molecular weight is 370 g/mol. The van der Waals surface area contributed by atoms with Crippen molar-refractivity contribution < 1.29 is 13.9 Å². The lowest BCUT2D eigenvalue weighted by molar-refractivity contribution is 0.0517. The maximum absolute atomic E-state index is 12.9. The maximum atomic E-state index is 12.9. The third kappa shape index (κ3) is 4.17. The van der Waals surface area contributed by atoms with Gasteiger partial charge in [0.2, 0.25) is 0 Å². The van der Waals surface area contributed by atoms with Gasteiger partial charge in [-0.15, -0.1) is 13.2 Å². The van der Waals surface area contributed by atoms with E-state index in [4.69, 9.17) is 4.74 Å². The Bertz CT molecular complexity index is 641. The molecule has 22 heavy (non-hydrogen) atoms. The van der Waals surface area contributed by atoms with E-state index in [9.17, 15) is 9.18 Å². The molecule has 0 radical (unpaired) electrons. The highest BCUT2D eigenvalue weighted by Gasteiger charge is 2.21. The van der Waals surface area contributed by atoms with E-state index in [2.05, 4.69) is 39.5 Å². The lowest BCUT2D eigenvalue weighted by atomic mass is 10.3. The fourth-order valence-electron chi connectivity index (χ4n) is 1.63. The van der Waals surface area contributed by atoms with E-state index < -0.39 is 5.97 Å². The molecule has 0 aliphatic heterocycles. The average Bonchev–Trinajstić information content (AvgIpc) is 2.80. The SMILES string of the molecule is C=C.CCOC(=O)c1nn(C)c(Nc2ccc(F)cc2)c1Br. The zero-order valence-electron chi connectivity index (χ0n) is 12.4. The van der Waals surface area contributed by atoms with Crippen LogP contribution in [-0.4, -0.2) is 22.4 Å². The second-order valence-corrected chi connectivity index (χ2v) is 4.78. The fraction of sp³-hybridized carbons (Fsp3) is 0.200. The number of nitrogens with zero attached hydrogens (tertiary/aromatic N) is 2. The molecule has 2 aromatic rings. The van der Waals surface area contributed by atoms with Crippen molar-refractivity contribution in [1.29, 1.82) is 0 Å². The fourth-order valence-corrected chi connectivity index (χ4v) is 2.23. The van der Waals surface area contributed by atoms with Gasteiger partial charge >= 0.3 is 5.97 Å². The minimum Gasteiger partial charge on any atom is -0.461 e. The van der Waals surface area contributed by atoms with Crippen molar-refractivity contribution in [3.05, 3.63) is 53.4 Å². The highest BCUT2D eigenvalue weighted by atomic mass is 79.9. The van der Waals surface area contributed by atoms with Crippen LogP contribution in [0.3, 0.4) is 0 Å². The molecule has 0 bridgehead atoms. The molecule has 0 aliphatic rings. The zero-order valence-corrected chi connectivity index (χ0v) is 14.0. The number of hydrogen-bond donors (Lipinski definition) is 1. The van der Waals surface area contributed by atoms with Gasteiger partial charge in [0.05, 0.1) is 11.1 Å². The number of hydrogen-bond acceptors (Lipinski definition) is 4. The summed E-state index contributed by atoms with van der Waals surface area (Å²) in [6.45, 7) is 8.01. The topological polar surface area (TPSA) is 56.1 Å². The van der Waals surface area contributed by atoms with Crippen molar-refractivity contribution in [1.82, 2.24) is 9.78 Å². The Kier molecular flexibility index (Phi) is 6.78. The van der Waals surface area contributed by atoms with Crippen LogP contribution in [0, 0.1) is 5.82 Å².